The summed E-state index contributed by atoms with van der Waals surface area (Å²) in [5.74, 6) is 5.41. The second-order valence-electron chi connectivity index (χ2n) is 4.35. The van der Waals surface area contributed by atoms with Gasteiger partial charge < -0.3 is 10.4 Å². The monoisotopic (exact) mass is 285 g/mol. The van der Waals surface area contributed by atoms with Gasteiger partial charge in [0, 0.05) is 11.3 Å². The zero-order chi connectivity index (χ0) is 14.4. The van der Waals surface area contributed by atoms with Gasteiger partial charge in [-0.3, -0.25) is 4.79 Å². The average molecular weight is 285 g/mol. The third-order valence-electron chi connectivity index (χ3n) is 2.76. The molecular weight excluding hydrogens is 270 g/mol. The Labute approximate surface area is 122 Å². The lowest BCUT2D eigenvalue weighted by Gasteiger charge is -2.08. The summed E-state index contributed by atoms with van der Waals surface area (Å²) in [4.78, 5) is 11.9. The van der Waals surface area contributed by atoms with Crippen LogP contribution in [0.4, 0.5) is 5.69 Å². The minimum absolute atomic E-state index is 0.0271. The number of thiophene rings is 1. The van der Waals surface area contributed by atoms with E-state index in [4.69, 9.17) is 5.11 Å². The van der Waals surface area contributed by atoms with Gasteiger partial charge in [0.15, 0.2) is 0 Å². The second-order valence-corrected chi connectivity index (χ2v) is 5.13. The van der Waals surface area contributed by atoms with E-state index in [-0.39, 0.29) is 12.5 Å². The van der Waals surface area contributed by atoms with Crippen molar-refractivity contribution < 1.29 is 9.90 Å². The van der Waals surface area contributed by atoms with Crippen LogP contribution in [0.1, 0.15) is 16.7 Å². The predicted molar refractivity (Wildman–Crippen MR) is 81.8 cm³/mol. The Hall–Kier alpha value is -2.09. The molecular formula is C16H15NO2S. The van der Waals surface area contributed by atoms with Crippen molar-refractivity contribution in [3.05, 3.63) is 51.7 Å². The largest absolute Gasteiger partial charge is 0.384 e. The van der Waals surface area contributed by atoms with E-state index in [1.54, 1.807) is 11.3 Å². The van der Waals surface area contributed by atoms with Crippen molar-refractivity contribution in [1.82, 2.24) is 0 Å². The molecule has 102 valence electrons. The molecule has 20 heavy (non-hydrogen) atoms. The molecule has 2 N–H and O–H groups in total. The summed E-state index contributed by atoms with van der Waals surface area (Å²) < 4.78 is 0. The van der Waals surface area contributed by atoms with Gasteiger partial charge in [0.25, 0.3) is 0 Å². The van der Waals surface area contributed by atoms with Crippen molar-refractivity contribution in [2.45, 2.75) is 13.3 Å². The fraction of sp³-hybridized carbons (Fsp3) is 0.188. The number of nitrogens with one attached hydrogen (secondary N) is 1. The number of hydrogen-bond acceptors (Lipinski definition) is 3. The molecule has 0 aliphatic heterocycles. The van der Waals surface area contributed by atoms with Gasteiger partial charge >= 0.3 is 0 Å². The van der Waals surface area contributed by atoms with E-state index in [9.17, 15) is 4.79 Å². The van der Waals surface area contributed by atoms with Crippen LogP contribution in [0.5, 0.6) is 0 Å². The highest BCUT2D eigenvalue weighted by Crippen LogP contribution is 2.17. The Morgan fingerprint density at radius 1 is 1.40 bits per heavy atom. The smallest absolute Gasteiger partial charge is 0.228 e. The summed E-state index contributed by atoms with van der Waals surface area (Å²) in [5, 5.41) is 15.5. The van der Waals surface area contributed by atoms with Crippen LogP contribution in [-0.4, -0.2) is 17.6 Å². The first-order valence-electron chi connectivity index (χ1n) is 6.20. The molecule has 2 aromatic rings. The van der Waals surface area contributed by atoms with Crippen molar-refractivity contribution >= 4 is 22.9 Å². The molecule has 0 aliphatic carbocycles. The van der Waals surface area contributed by atoms with Gasteiger partial charge in [-0.2, -0.15) is 11.3 Å². The molecule has 0 atom stereocenters. The lowest BCUT2D eigenvalue weighted by Crippen LogP contribution is -2.14. The second kappa shape index (κ2) is 6.90. The SMILES string of the molecule is Cc1cc(C#CCO)ccc1NC(=O)Cc1ccsc1. The Kier molecular flexibility index (Phi) is 4.94. The Balaban J connectivity index is 2.04. The number of anilines is 1. The highest BCUT2D eigenvalue weighted by Gasteiger charge is 2.06. The zero-order valence-corrected chi connectivity index (χ0v) is 12.0. The van der Waals surface area contributed by atoms with Gasteiger partial charge in [-0.05, 0) is 53.1 Å². The van der Waals surface area contributed by atoms with Crippen molar-refractivity contribution in [2.24, 2.45) is 0 Å². The fourth-order valence-corrected chi connectivity index (χ4v) is 2.46. The van der Waals surface area contributed by atoms with Crippen LogP contribution < -0.4 is 5.32 Å². The predicted octanol–water partition coefficient (Wildman–Crippen LogP) is 2.58. The highest BCUT2D eigenvalue weighted by molar-refractivity contribution is 7.08. The first-order chi connectivity index (χ1) is 9.69. The van der Waals surface area contributed by atoms with E-state index in [1.807, 2.05) is 41.9 Å². The third kappa shape index (κ3) is 3.95. The number of carbonyl (C=O) groups excluding carboxylic acids is 1. The highest BCUT2D eigenvalue weighted by atomic mass is 32.1. The van der Waals surface area contributed by atoms with Crippen molar-refractivity contribution in [1.29, 1.82) is 0 Å². The molecule has 3 nitrogen and oxygen atoms in total. The maximum absolute atomic E-state index is 11.9. The molecule has 0 saturated carbocycles. The Morgan fingerprint density at radius 3 is 2.90 bits per heavy atom. The number of aliphatic hydroxyl groups is 1. The molecule has 0 radical (unpaired) electrons. The van der Waals surface area contributed by atoms with E-state index >= 15 is 0 Å². The van der Waals surface area contributed by atoms with Crippen molar-refractivity contribution in [3.8, 4) is 11.8 Å². The van der Waals surface area contributed by atoms with Crippen LogP contribution in [-0.2, 0) is 11.2 Å². The molecule has 0 saturated heterocycles. The van der Waals surface area contributed by atoms with Crippen molar-refractivity contribution in [2.75, 3.05) is 11.9 Å². The molecule has 0 fully saturated rings. The number of aryl methyl sites for hydroxylation is 1. The summed E-state index contributed by atoms with van der Waals surface area (Å²) in [6.07, 6.45) is 0.384. The summed E-state index contributed by atoms with van der Waals surface area (Å²) in [6.45, 7) is 1.77. The number of benzene rings is 1. The number of aliphatic hydroxyl groups excluding tert-OH is 1. The molecule has 2 rings (SSSR count). The molecule has 0 bridgehead atoms. The van der Waals surface area contributed by atoms with Gasteiger partial charge in [-0.15, -0.1) is 0 Å². The van der Waals surface area contributed by atoms with E-state index < -0.39 is 0 Å². The molecule has 0 aliphatic rings. The molecule has 1 amide bonds. The fourth-order valence-electron chi connectivity index (χ4n) is 1.80. The van der Waals surface area contributed by atoms with Crippen LogP contribution in [0.15, 0.2) is 35.0 Å². The number of carbonyl (C=O) groups is 1. The summed E-state index contributed by atoms with van der Waals surface area (Å²) in [7, 11) is 0. The summed E-state index contributed by atoms with van der Waals surface area (Å²) in [5.41, 5.74) is 3.59. The zero-order valence-electron chi connectivity index (χ0n) is 11.1. The minimum Gasteiger partial charge on any atom is -0.384 e. The van der Waals surface area contributed by atoms with Crippen LogP contribution >= 0.6 is 11.3 Å². The Bertz CT molecular complexity index is 651. The first kappa shape index (κ1) is 14.3. The standard InChI is InChI=1S/C16H15NO2S/c1-12-9-13(3-2-7-18)4-5-15(12)17-16(19)10-14-6-8-20-11-14/h4-6,8-9,11,18H,7,10H2,1H3,(H,17,19). The van der Waals surface area contributed by atoms with E-state index in [0.29, 0.717) is 6.42 Å². The lowest BCUT2D eigenvalue weighted by molar-refractivity contribution is -0.115. The average Bonchev–Trinajstić information content (AvgIpc) is 2.92. The van der Waals surface area contributed by atoms with Gasteiger partial charge in [-0.1, -0.05) is 11.8 Å². The minimum atomic E-state index is -0.155. The van der Waals surface area contributed by atoms with Gasteiger partial charge in [0.2, 0.25) is 5.91 Å². The van der Waals surface area contributed by atoms with Gasteiger partial charge in [-0.25, -0.2) is 0 Å². The molecule has 1 heterocycles. The number of amides is 1. The summed E-state index contributed by atoms with van der Waals surface area (Å²) in [6, 6.07) is 7.51. The lowest BCUT2D eigenvalue weighted by atomic mass is 10.1. The number of rotatable bonds is 3. The molecule has 1 aromatic carbocycles. The Morgan fingerprint density at radius 2 is 2.25 bits per heavy atom. The quantitative estimate of drug-likeness (QED) is 0.852. The maximum Gasteiger partial charge on any atom is 0.228 e. The van der Waals surface area contributed by atoms with E-state index in [1.165, 1.54) is 0 Å². The van der Waals surface area contributed by atoms with Crippen LogP contribution in [0.25, 0.3) is 0 Å². The van der Waals surface area contributed by atoms with E-state index in [0.717, 1.165) is 22.4 Å². The molecule has 4 heteroatoms. The topological polar surface area (TPSA) is 49.3 Å². The molecule has 0 unspecified atom stereocenters. The van der Waals surface area contributed by atoms with Crippen LogP contribution in [0.3, 0.4) is 0 Å². The van der Waals surface area contributed by atoms with Gasteiger partial charge in [0.05, 0.1) is 6.42 Å². The third-order valence-corrected chi connectivity index (χ3v) is 3.49. The van der Waals surface area contributed by atoms with Crippen LogP contribution in [0, 0.1) is 18.8 Å². The molecule has 1 aromatic heterocycles. The first-order valence-corrected chi connectivity index (χ1v) is 7.14. The van der Waals surface area contributed by atoms with E-state index in [2.05, 4.69) is 17.2 Å². The number of hydrogen-bond donors (Lipinski definition) is 2. The molecule has 0 spiro atoms. The maximum atomic E-state index is 11.9. The van der Waals surface area contributed by atoms with Crippen LogP contribution in [0.2, 0.25) is 0 Å². The van der Waals surface area contributed by atoms with Crippen molar-refractivity contribution in [3.63, 3.8) is 0 Å². The van der Waals surface area contributed by atoms with Gasteiger partial charge in [0.1, 0.15) is 6.61 Å². The normalized spacial score (nSPS) is 9.70. The summed E-state index contributed by atoms with van der Waals surface area (Å²) >= 11 is 1.58.